The van der Waals surface area contributed by atoms with Gasteiger partial charge in [0.25, 0.3) is 0 Å². The Morgan fingerprint density at radius 1 is 1.13 bits per heavy atom. The lowest BCUT2D eigenvalue weighted by atomic mass is 10.1. The Labute approximate surface area is 171 Å². The number of hydrogen-bond acceptors (Lipinski definition) is 4. The number of alkyl halides is 3. The molecular weight excluding hydrogens is 397 g/mol. The van der Waals surface area contributed by atoms with Crippen LogP contribution in [-0.2, 0) is 22.1 Å². The Kier molecular flexibility index (Phi) is 5.63. The fourth-order valence-corrected chi connectivity index (χ4v) is 3.34. The van der Waals surface area contributed by atoms with Crippen LogP contribution in [0.4, 0.5) is 24.8 Å². The third kappa shape index (κ3) is 4.73. The Balaban J connectivity index is 1.35. The van der Waals surface area contributed by atoms with E-state index >= 15 is 0 Å². The van der Waals surface area contributed by atoms with Gasteiger partial charge in [-0.15, -0.1) is 0 Å². The summed E-state index contributed by atoms with van der Waals surface area (Å²) in [5, 5.41) is 2.83. The molecule has 0 unspecified atom stereocenters. The quantitative estimate of drug-likeness (QED) is 0.657. The molecule has 1 aliphatic rings. The van der Waals surface area contributed by atoms with Gasteiger partial charge >= 0.3 is 6.18 Å². The summed E-state index contributed by atoms with van der Waals surface area (Å²) in [6.45, 7) is 2.87. The molecule has 1 amide bonds. The normalized spacial score (nSPS) is 14.8. The van der Waals surface area contributed by atoms with Gasteiger partial charge in [0.2, 0.25) is 11.9 Å². The average Bonchev–Trinajstić information content (AvgIpc) is 3.16. The van der Waals surface area contributed by atoms with Crippen molar-refractivity contribution in [1.29, 1.82) is 0 Å². The molecule has 2 heterocycles. The lowest BCUT2D eigenvalue weighted by Crippen LogP contribution is -2.36. The van der Waals surface area contributed by atoms with Gasteiger partial charge in [0.05, 0.1) is 29.8 Å². The number of nitrogens with zero attached hydrogens (tertiary/aromatic N) is 2. The van der Waals surface area contributed by atoms with Crippen LogP contribution in [0.2, 0.25) is 0 Å². The fourth-order valence-electron chi connectivity index (χ4n) is 3.34. The van der Waals surface area contributed by atoms with Gasteiger partial charge in [0.15, 0.2) is 0 Å². The molecule has 1 aromatic heterocycles. The summed E-state index contributed by atoms with van der Waals surface area (Å²) < 4.78 is 43.2. The summed E-state index contributed by atoms with van der Waals surface area (Å²) in [7, 11) is 0. The van der Waals surface area contributed by atoms with E-state index < -0.39 is 11.7 Å². The molecule has 158 valence electrons. The van der Waals surface area contributed by atoms with Crippen molar-refractivity contribution in [2.75, 3.05) is 36.5 Å². The smallest absolute Gasteiger partial charge is 0.378 e. The molecule has 4 rings (SSSR count). The highest BCUT2D eigenvalue weighted by Gasteiger charge is 2.29. The monoisotopic (exact) mass is 418 g/mol. The zero-order chi connectivity index (χ0) is 21.1. The van der Waals surface area contributed by atoms with Crippen molar-refractivity contribution in [2.24, 2.45) is 0 Å². The first kappa shape index (κ1) is 20.2. The Morgan fingerprint density at radius 2 is 1.87 bits per heavy atom. The lowest BCUT2D eigenvalue weighted by molar-refractivity contribution is -0.137. The van der Waals surface area contributed by atoms with Crippen LogP contribution < -0.4 is 10.2 Å². The van der Waals surface area contributed by atoms with Crippen molar-refractivity contribution >= 4 is 28.6 Å². The van der Waals surface area contributed by atoms with E-state index in [2.05, 4.69) is 20.2 Å². The molecule has 1 aliphatic heterocycles. The maximum absolute atomic E-state index is 12.6. The molecule has 0 bridgehead atoms. The number of carbonyl (C=O) groups is 1. The van der Waals surface area contributed by atoms with Crippen molar-refractivity contribution in [3.05, 3.63) is 53.6 Å². The number of nitrogens with one attached hydrogen (secondary N) is 2. The molecule has 0 atom stereocenters. The summed E-state index contributed by atoms with van der Waals surface area (Å²) in [5.41, 5.74) is 2.24. The van der Waals surface area contributed by atoms with Crippen LogP contribution >= 0.6 is 0 Å². The first-order valence-electron chi connectivity index (χ1n) is 9.67. The number of anilines is 2. The van der Waals surface area contributed by atoms with Crippen LogP contribution in [0.1, 0.15) is 17.5 Å². The molecule has 1 fully saturated rings. The predicted molar refractivity (Wildman–Crippen MR) is 108 cm³/mol. The number of carbonyl (C=O) groups excluding carboxylic acids is 1. The maximum Gasteiger partial charge on any atom is 0.416 e. The highest BCUT2D eigenvalue weighted by atomic mass is 19.4. The number of rotatable bonds is 5. The van der Waals surface area contributed by atoms with Crippen LogP contribution in [0, 0.1) is 0 Å². The molecule has 6 nitrogen and oxygen atoms in total. The third-order valence-electron chi connectivity index (χ3n) is 4.99. The van der Waals surface area contributed by atoms with Crippen molar-refractivity contribution in [1.82, 2.24) is 9.97 Å². The summed E-state index contributed by atoms with van der Waals surface area (Å²) in [4.78, 5) is 22.2. The number of H-pyrrole nitrogens is 1. The van der Waals surface area contributed by atoms with Crippen LogP contribution in [0.25, 0.3) is 11.0 Å². The largest absolute Gasteiger partial charge is 0.416 e. The molecule has 2 aromatic carbocycles. The van der Waals surface area contributed by atoms with E-state index in [1.807, 2.05) is 12.1 Å². The minimum atomic E-state index is -4.36. The molecule has 0 radical (unpaired) electrons. The predicted octanol–water partition coefficient (Wildman–Crippen LogP) is 3.99. The second-order valence-electron chi connectivity index (χ2n) is 7.13. The van der Waals surface area contributed by atoms with E-state index in [0.29, 0.717) is 30.9 Å². The standard InChI is InChI=1S/C21H21F3N4O2/c22-21(23,24)15-4-1-14(2-5-15)3-8-19(29)25-16-6-7-17-18(13-16)27-20(26-17)28-9-11-30-12-10-28/h1-2,4-7,13H,3,8-12H2,(H,25,29)(H,26,27). The van der Waals surface area contributed by atoms with Crippen molar-refractivity contribution in [3.63, 3.8) is 0 Å². The zero-order valence-electron chi connectivity index (χ0n) is 16.1. The minimum Gasteiger partial charge on any atom is -0.378 e. The second-order valence-corrected chi connectivity index (χ2v) is 7.13. The zero-order valence-corrected chi connectivity index (χ0v) is 16.1. The van der Waals surface area contributed by atoms with E-state index in [9.17, 15) is 18.0 Å². The summed E-state index contributed by atoms with van der Waals surface area (Å²) >= 11 is 0. The van der Waals surface area contributed by atoms with E-state index in [1.165, 1.54) is 12.1 Å². The topological polar surface area (TPSA) is 70.2 Å². The van der Waals surface area contributed by atoms with E-state index in [0.717, 1.165) is 42.2 Å². The SMILES string of the molecule is O=C(CCc1ccc(C(F)(F)F)cc1)Nc1ccc2nc(N3CCOCC3)[nH]c2c1. The molecule has 9 heteroatoms. The average molecular weight is 418 g/mol. The van der Waals surface area contributed by atoms with Gasteiger partial charge in [-0.25, -0.2) is 4.98 Å². The Hall–Kier alpha value is -3.07. The molecule has 0 saturated carbocycles. The van der Waals surface area contributed by atoms with Gasteiger partial charge in [0.1, 0.15) is 0 Å². The van der Waals surface area contributed by atoms with Gasteiger partial charge in [0, 0.05) is 25.2 Å². The van der Waals surface area contributed by atoms with Crippen LogP contribution in [-0.4, -0.2) is 42.2 Å². The molecule has 0 aliphatic carbocycles. The molecule has 3 aromatic rings. The van der Waals surface area contributed by atoms with Crippen LogP contribution in [0.15, 0.2) is 42.5 Å². The first-order valence-corrected chi connectivity index (χ1v) is 9.67. The highest BCUT2D eigenvalue weighted by Crippen LogP contribution is 2.29. The number of imidazole rings is 1. The third-order valence-corrected chi connectivity index (χ3v) is 4.99. The first-order chi connectivity index (χ1) is 14.4. The highest BCUT2D eigenvalue weighted by molar-refractivity contribution is 5.93. The number of fused-ring (bicyclic) bond motifs is 1. The number of halogens is 3. The molecule has 2 N–H and O–H groups in total. The van der Waals surface area contributed by atoms with E-state index in [1.54, 1.807) is 6.07 Å². The van der Waals surface area contributed by atoms with Crippen LogP contribution in [0.3, 0.4) is 0 Å². The van der Waals surface area contributed by atoms with Gasteiger partial charge in [-0.3, -0.25) is 4.79 Å². The number of hydrogen-bond donors (Lipinski definition) is 2. The Bertz CT molecular complexity index is 1020. The molecule has 0 spiro atoms. The van der Waals surface area contributed by atoms with Gasteiger partial charge in [-0.05, 0) is 42.3 Å². The number of aromatic nitrogens is 2. The van der Waals surface area contributed by atoms with Crippen molar-refractivity contribution in [2.45, 2.75) is 19.0 Å². The van der Waals surface area contributed by atoms with E-state index in [-0.39, 0.29) is 12.3 Å². The van der Waals surface area contributed by atoms with Crippen molar-refractivity contribution in [3.8, 4) is 0 Å². The molecular formula is C21H21F3N4O2. The number of morpholine rings is 1. The number of benzene rings is 2. The summed E-state index contributed by atoms with van der Waals surface area (Å²) in [6.07, 6.45) is -3.83. The van der Waals surface area contributed by atoms with Gasteiger partial charge < -0.3 is 19.9 Å². The minimum absolute atomic E-state index is 0.172. The lowest BCUT2D eigenvalue weighted by Gasteiger charge is -2.26. The number of ether oxygens (including phenoxy) is 1. The molecule has 30 heavy (non-hydrogen) atoms. The van der Waals surface area contributed by atoms with Gasteiger partial charge in [-0.2, -0.15) is 13.2 Å². The maximum atomic E-state index is 12.6. The Morgan fingerprint density at radius 3 is 2.57 bits per heavy atom. The molecule has 1 saturated heterocycles. The van der Waals surface area contributed by atoms with E-state index in [4.69, 9.17) is 4.74 Å². The number of amides is 1. The second kappa shape index (κ2) is 8.35. The van der Waals surface area contributed by atoms with Gasteiger partial charge in [-0.1, -0.05) is 12.1 Å². The number of aromatic amines is 1. The van der Waals surface area contributed by atoms with Crippen molar-refractivity contribution < 1.29 is 22.7 Å². The van der Waals surface area contributed by atoms with Crippen LogP contribution in [0.5, 0.6) is 0 Å². The number of aryl methyl sites for hydroxylation is 1. The summed E-state index contributed by atoms with van der Waals surface area (Å²) in [6, 6.07) is 10.3. The summed E-state index contributed by atoms with van der Waals surface area (Å²) in [5.74, 6) is 0.571. The fraction of sp³-hybridized carbons (Fsp3) is 0.333.